The highest BCUT2D eigenvalue weighted by Crippen LogP contribution is 2.37. The first kappa shape index (κ1) is 21.0. The molecule has 0 fully saturated rings. The lowest BCUT2D eigenvalue weighted by Gasteiger charge is -2.33. The molecule has 1 amide bonds. The second-order valence-electron chi connectivity index (χ2n) is 8.08. The minimum absolute atomic E-state index is 0.0877. The van der Waals surface area contributed by atoms with Crippen molar-refractivity contribution in [2.75, 3.05) is 6.54 Å². The van der Waals surface area contributed by atoms with E-state index in [2.05, 4.69) is 10.1 Å². The number of nitrogens with zero attached hydrogens (tertiary/aromatic N) is 4. The van der Waals surface area contributed by atoms with Gasteiger partial charge in [0.05, 0.1) is 22.9 Å². The average molecular weight is 452 g/mol. The van der Waals surface area contributed by atoms with Crippen LogP contribution in [0.15, 0.2) is 42.6 Å². The molecule has 0 radical (unpaired) electrons. The highest BCUT2D eigenvalue weighted by molar-refractivity contribution is 5.99. The van der Waals surface area contributed by atoms with E-state index in [-0.39, 0.29) is 17.2 Å². The molecule has 4 aromatic rings. The van der Waals surface area contributed by atoms with Crippen molar-refractivity contribution in [3.63, 3.8) is 0 Å². The van der Waals surface area contributed by atoms with Crippen LogP contribution < -0.4 is 0 Å². The maximum atomic E-state index is 13.8. The van der Waals surface area contributed by atoms with Gasteiger partial charge in [-0.25, -0.2) is 13.2 Å². The minimum atomic E-state index is -1.52. The molecule has 2 aromatic carbocycles. The number of amides is 1. The average Bonchev–Trinajstić information content (AvgIpc) is 3.13. The smallest absolute Gasteiger partial charge is 0.254 e. The van der Waals surface area contributed by atoms with Crippen LogP contribution in [0.2, 0.25) is 0 Å². The van der Waals surface area contributed by atoms with Gasteiger partial charge in [0.1, 0.15) is 5.75 Å². The van der Waals surface area contributed by atoms with Gasteiger partial charge < -0.3 is 10.0 Å². The van der Waals surface area contributed by atoms with Gasteiger partial charge >= 0.3 is 0 Å². The van der Waals surface area contributed by atoms with Gasteiger partial charge in [-0.3, -0.25) is 14.5 Å². The van der Waals surface area contributed by atoms with E-state index in [1.54, 1.807) is 30.1 Å². The lowest BCUT2D eigenvalue weighted by molar-refractivity contribution is 0.0674. The van der Waals surface area contributed by atoms with Gasteiger partial charge in [-0.1, -0.05) is 0 Å². The number of aryl methyl sites for hydroxylation is 1. The Morgan fingerprint density at radius 3 is 2.58 bits per heavy atom. The van der Waals surface area contributed by atoms with Crippen molar-refractivity contribution in [2.24, 2.45) is 7.05 Å². The summed E-state index contributed by atoms with van der Waals surface area (Å²) < 4.78 is 42.6. The van der Waals surface area contributed by atoms with E-state index < -0.39 is 23.5 Å². The lowest BCUT2D eigenvalue weighted by Crippen LogP contribution is -2.38. The number of halogens is 3. The molecule has 0 aliphatic carbocycles. The topological polar surface area (TPSA) is 71.2 Å². The SMILES string of the molecule is C[C@H]1c2nn(C)c(-c3cc(F)c(F)c(F)c3)c2CCN1C(=O)c1ccc2c(O)ccnc2c1. The van der Waals surface area contributed by atoms with Crippen LogP contribution in [-0.4, -0.2) is 37.2 Å². The zero-order valence-corrected chi connectivity index (χ0v) is 17.8. The summed E-state index contributed by atoms with van der Waals surface area (Å²) in [5.74, 6) is -4.18. The van der Waals surface area contributed by atoms with Crippen LogP contribution in [0, 0.1) is 17.5 Å². The molecule has 3 heterocycles. The van der Waals surface area contributed by atoms with Crippen LogP contribution in [0.4, 0.5) is 13.2 Å². The Hall–Kier alpha value is -3.88. The van der Waals surface area contributed by atoms with Gasteiger partial charge in [-0.05, 0) is 49.7 Å². The number of carbonyl (C=O) groups excluding carboxylic acids is 1. The van der Waals surface area contributed by atoms with Crippen molar-refractivity contribution in [3.05, 3.63) is 76.9 Å². The summed E-state index contributed by atoms with van der Waals surface area (Å²) in [7, 11) is 1.65. The van der Waals surface area contributed by atoms with Gasteiger partial charge in [0, 0.05) is 41.9 Å². The van der Waals surface area contributed by atoms with E-state index in [9.17, 15) is 23.1 Å². The number of aromatic hydroxyl groups is 1. The van der Waals surface area contributed by atoms with Crippen molar-refractivity contribution in [2.45, 2.75) is 19.4 Å². The predicted molar refractivity (Wildman–Crippen MR) is 115 cm³/mol. The molecule has 1 atom stereocenters. The molecule has 0 spiro atoms. The van der Waals surface area contributed by atoms with E-state index in [1.807, 2.05) is 6.92 Å². The normalized spacial score (nSPS) is 15.7. The number of rotatable bonds is 2. The summed E-state index contributed by atoms with van der Waals surface area (Å²) in [6.07, 6.45) is 1.89. The van der Waals surface area contributed by atoms with Crippen LogP contribution in [0.1, 0.15) is 34.6 Å². The Morgan fingerprint density at radius 1 is 1.12 bits per heavy atom. The quantitative estimate of drug-likeness (QED) is 0.454. The Balaban J connectivity index is 1.50. The number of hydrogen-bond donors (Lipinski definition) is 1. The zero-order valence-electron chi connectivity index (χ0n) is 17.8. The second-order valence-corrected chi connectivity index (χ2v) is 8.08. The highest BCUT2D eigenvalue weighted by Gasteiger charge is 2.33. The monoisotopic (exact) mass is 452 g/mol. The third kappa shape index (κ3) is 3.31. The molecule has 6 nitrogen and oxygen atoms in total. The summed E-state index contributed by atoms with van der Waals surface area (Å²) >= 11 is 0. The van der Waals surface area contributed by atoms with Crippen molar-refractivity contribution in [1.82, 2.24) is 19.7 Å². The molecule has 168 valence electrons. The first-order valence-corrected chi connectivity index (χ1v) is 10.4. The second kappa shape index (κ2) is 7.61. The standard InChI is InChI=1S/C24H19F3N4O2/c1-12-22-16(23(30(2)29-22)14-9-17(25)21(27)18(26)10-14)6-8-31(12)24(33)13-3-4-15-19(11-13)28-7-5-20(15)32/h3-5,7,9-12H,6,8H2,1-2H3,(H,28,32)/t12-/m0/s1. The van der Waals surface area contributed by atoms with Crippen molar-refractivity contribution >= 4 is 16.8 Å². The van der Waals surface area contributed by atoms with Crippen molar-refractivity contribution in [1.29, 1.82) is 0 Å². The fraction of sp³-hybridized carbons (Fsp3) is 0.208. The summed E-state index contributed by atoms with van der Waals surface area (Å²) in [5.41, 5.74) is 3.00. The molecule has 2 aromatic heterocycles. The third-order valence-electron chi connectivity index (χ3n) is 6.13. The van der Waals surface area contributed by atoms with Gasteiger partial charge in [0.25, 0.3) is 5.91 Å². The van der Waals surface area contributed by atoms with Gasteiger partial charge in [-0.15, -0.1) is 0 Å². The number of aromatic nitrogens is 3. The number of fused-ring (bicyclic) bond motifs is 2. The molecule has 0 unspecified atom stereocenters. The van der Waals surface area contributed by atoms with Crippen LogP contribution in [0.3, 0.4) is 0 Å². The molecule has 1 N–H and O–H groups in total. The summed E-state index contributed by atoms with van der Waals surface area (Å²) in [4.78, 5) is 19.2. The summed E-state index contributed by atoms with van der Waals surface area (Å²) in [6.45, 7) is 2.20. The Labute approximate surface area is 186 Å². The lowest BCUT2D eigenvalue weighted by atomic mass is 9.95. The number of carbonyl (C=O) groups is 1. The van der Waals surface area contributed by atoms with E-state index in [1.165, 1.54) is 16.9 Å². The maximum Gasteiger partial charge on any atom is 0.254 e. The molecule has 5 rings (SSSR count). The maximum absolute atomic E-state index is 13.8. The summed E-state index contributed by atoms with van der Waals surface area (Å²) in [6, 6.07) is 7.92. The van der Waals surface area contributed by atoms with Crippen LogP contribution in [-0.2, 0) is 13.5 Å². The Bertz CT molecular complexity index is 1410. The Morgan fingerprint density at radius 2 is 1.85 bits per heavy atom. The van der Waals surface area contributed by atoms with Crippen molar-refractivity contribution < 1.29 is 23.1 Å². The molecular formula is C24H19F3N4O2. The van der Waals surface area contributed by atoms with Gasteiger partial charge in [-0.2, -0.15) is 5.10 Å². The molecular weight excluding hydrogens is 433 g/mol. The number of pyridine rings is 1. The van der Waals surface area contributed by atoms with Crippen LogP contribution in [0.25, 0.3) is 22.2 Å². The fourth-order valence-electron chi connectivity index (χ4n) is 4.51. The summed E-state index contributed by atoms with van der Waals surface area (Å²) in [5, 5.41) is 15.0. The first-order chi connectivity index (χ1) is 15.8. The van der Waals surface area contributed by atoms with E-state index in [0.29, 0.717) is 40.8 Å². The van der Waals surface area contributed by atoms with Crippen LogP contribution in [0.5, 0.6) is 5.75 Å². The van der Waals surface area contributed by atoms with E-state index in [0.717, 1.165) is 17.7 Å². The first-order valence-electron chi connectivity index (χ1n) is 10.4. The molecule has 1 aliphatic rings. The fourth-order valence-corrected chi connectivity index (χ4v) is 4.51. The molecule has 0 saturated carbocycles. The minimum Gasteiger partial charge on any atom is -0.507 e. The predicted octanol–water partition coefficient (Wildman–Crippen LogP) is 4.52. The number of hydrogen-bond acceptors (Lipinski definition) is 4. The molecule has 1 aliphatic heterocycles. The van der Waals surface area contributed by atoms with Crippen LogP contribution >= 0.6 is 0 Å². The molecule has 9 heteroatoms. The van der Waals surface area contributed by atoms with E-state index >= 15 is 0 Å². The van der Waals surface area contributed by atoms with Gasteiger partial charge in [0.15, 0.2) is 17.5 Å². The molecule has 0 bridgehead atoms. The Kier molecular flexibility index (Phi) is 4.84. The van der Waals surface area contributed by atoms with Gasteiger partial charge in [0.2, 0.25) is 0 Å². The van der Waals surface area contributed by atoms with E-state index in [4.69, 9.17) is 0 Å². The number of benzene rings is 2. The zero-order chi connectivity index (χ0) is 23.4. The largest absolute Gasteiger partial charge is 0.507 e. The molecule has 0 saturated heterocycles. The van der Waals surface area contributed by atoms with Crippen molar-refractivity contribution in [3.8, 4) is 17.0 Å². The molecule has 33 heavy (non-hydrogen) atoms. The highest BCUT2D eigenvalue weighted by atomic mass is 19.2. The third-order valence-corrected chi connectivity index (χ3v) is 6.13.